The summed E-state index contributed by atoms with van der Waals surface area (Å²) in [6.45, 7) is 10.9. The maximum Gasteiger partial charge on any atom is 0.344 e. The van der Waals surface area contributed by atoms with Crippen molar-refractivity contribution in [2.45, 2.75) is 72.2 Å². The standard InChI is InChI=1S/C27H35NO7/c1-7-18-19(14(4)35-28-18)24(32)34-23-12(2)10-26-13(3)8-17-20(25(17,5)6)16(22(26)31)9-15(11-29)21(30)27(23,26)33/h9-10,13,16-17,20-21,23,29-30,33H,7-8,11H2,1-6H3/t13?,16-,17+,20-,21+,23-,26?,27-/m0/s1. The number of fused-ring (bicyclic) bond motifs is 3. The molecule has 2 bridgehead atoms. The van der Waals surface area contributed by atoms with Crippen LogP contribution in [0.3, 0.4) is 0 Å². The highest BCUT2D eigenvalue weighted by Gasteiger charge is 2.76. The number of carbonyl (C=O) groups is 2. The van der Waals surface area contributed by atoms with Crippen molar-refractivity contribution in [1.29, 1.82) is 0 Å². The van der Waals surface area contributed by atoms with Crippen LogP contribution in [0, 0.1) is 41.4 Å². The molecular weight excluding hydrogens is 450 g/mol. The number of ketones is 1. The SMILES string of the molecule is CCc1noc(C)c1C(=O)O[C@H]1C(C)=CC23C(=O)[C@@H](C=C(CO)[C@@H](O)[C@]12O)[C@H]1[C@@H](CC3C)C1(C)C. The number of aromatic nitrogens is 1. The third-order valence-corrected chi connectivity index (χ3v) is 9.59. The minimum Gasteiger partial charge on any atom is -0.451 e. The predicted octanol–water partition coefficient (Wildman–Crippen LogP) is 2.54. The molecule has 4 aliphatic carbocycles. The highest BCUT2D eigenvalue weighted by Crippen LogP contribution is 2.71. The third kappa shape index (κ3) is 2.87. The van der Waals surface area contributed by atoms with Crippen molar-refractivity contribution in [3.63, 3.8) is 0 Å². The molecule has 1 heterocycles. The molecule has 1 spiro atoms. The van der Waals surface area contributed by atoms with E-state index in [0.29, 0.717) is 29.9 Å². The molecule has 0 aromatic carbocycles. The van der Waals surface area contributed by atoms with E-state index < -0.39 is 41.7 Å². The van der Waals surface area contributed by atoms with Gasteiger partial charge in [0.2, 0.25) is 0 Å². The van der Waals surface area contributed by atoms with Gasteiger partial charge in [0.15, 0.2) is 17.5 Å². The van der Waals surface area contributed by atoms with Gasteiger partial charge in [0.05, 0.1) is 17.7 Å². The van der Waals surface area contributed by atoms with Gasteiger partial charge >= 0.3 is 5.97 Å². The molecule has 0 amide bonds. The number of ether oxygens (including phenoxy) is 1. The van der Waals surface area contributed by atoms with Crippen LogP contribution in [0.5, 0.6) is 0 Å². The fourth-order valence-corrected chi connectivity index (χ4v) is 7.68. The molecule has 8 nitrogen and oxygen atoms in total. The van der Waals surface area contributed by atoms with Crippen LogP contribution >= 0.6 is 0 Å². The number of allylic oxidation sites excluding steroid dienone is 1. The lowest BCUT2D eigenvalue weighted by Gasteiger charge is -2.48. The largest absolute Gasteiger partial charge is 0.451 e. The van der Waals surface area contributed by atoms with Crippen LogP contribution in [-0.2, 0) is 16.0 Å². The number of rotatable bonds is 4. The second-order valence-electron chi connectivity index (χ2n) is 11.6. The maximum atomic E-state index is 14.4. The van der Waals surface area contributed by atoms with Gasteiger partial charge in [-0.3, -0.25) is 4.79 Å². The Morgan fingerprint density at radius 2 is 2.00 bits per heavy atom. The van der Waals surface area contributed by atoms with Crippen LogP contribution in [0.15, 0.2) is 27.8 Å². The van der Waals surface area contributed by atoms with Crippen LogP contribution in [0.2, 0.25) is 0 Å². The average molecular weight is 486 g/mol. The first-order valence-corrected chi connectivity index (χ1v) is 12.5. The van der Waals surface area contributed by atoms with Gasteiger partial charge in [0.1, 0.15) is 17.4 Å². The van der Waals surface area contributed by atoms with E-state index in [4.69, 9.17) is 9.26 Å². The molecule has 8 atom stereocenters. The fourth-order valence-electron chi connectivity index (χ4n) is 7.68. The summed E-state index contributed by atoms with van der Waals surface area (Å²) in [5, 5.41) is 38.1. The topological polar surface area (TPSA) is 130 Å². The van der Waals surface area contributed by atoms with E-state index in [0.717, 1.165) is 0 Å². The number of hydrogen-bond donors (Lipinski definition) is 3. The lowest BCUT2D eigenvalue weighted by Crippen LogP contribution is -2.65. The first-order chi connectivity index (χ1) is 16.4. The van der Waals surface area contributed by atoms with Gasteiger partial charge in [-0.1, -0.05) is 45.0 Å². The highest BCUT2D eigenvalue weighted by molar-refractivity contribution is 5.96. The quantitative estimate of drug-likeness (QED) is 0.438. The van der Waals surface area contributed by atoms with Crippen molar-refractivity contribution < 1.29 is 34.2 Å². The normalized spacial score (nSPS) is 41.2. The third-order valence-electron chi connectivity index (χ3n) is 9.59. The average Bonchev–Trinajstić information content (AvgIpc) is 3.08. The van der Waals surface area contributed by atoms with Crippen LogP contribution in [0.4, 0.5) is 0 Å². The van der Waals surface area contributed by atoms with Crippen molar-refractivity contribution >= 4 is 11.8 Å². The summed E-state index contributed by atoms with van der Waals surface area (Å²) < 4.78 is 11.1. The molecule has 35 heavy (non-hydrogen) atoms. The van der Waals surface area contributed by atoms with Crippen LogP contribution < -0.4 is 0 Å². The summed E-state index contributed by atoms with van der Waals surface area (Å²) in [4.78, 5) is 27.7. The van der Waals surface area contributed by atoms with Gasteiger partial charge in [0, 0.05) is 5.92 Å². The molecule has 4 aliphatic rings. The van der Waals surface area contributed by atoms with Crippen LogP contribution in [-0.4, -0.2) is 56.6 Å². The van der Waals surface area contributed by atoms with E-state index in [2.05, 4.69) is 19.0 Å². The number of hydrogen-bond acceptors (Lipinski definition) is 8. The van der Waals surface area contributed by atoms with Gasteiger partial charge in [-0.2, -0.15) is 0 Å². The second kappa shape index (κ2) is 7.60. The minimum atomic E-state index is -2.16. The monoisotopic (exact) mass is 485 g/mol. The number of esters is 1. The molecule has 8 heteroatoms. The zero-order valence-electron chi connectivity index (χ0n) is 21.2. The summed E-state index contributed by atoms with van der Waals surface area (Å²) in [5.74, 6) is -1.13. The Morgan fingerprint density at radius 3 is 2.63 bits per heavy atom. The molecule has 1 aromatic heterocycles. The Bertz CT molecular complexity index is 1160. The summed E-state index contributed by atoms with van der Waals surface area (Å²) in [6.07, 6.45) is 1.66. The number of nitrogens with zero attached hydrogens (tertiary/aromatic N) is 1. The molecule has 3 N–H and O–H groups in total. The molecule has 0 aliphatic heterocycles. The van der Waals surface area contributed by atoms with Crippen molar-refractivity contribution in [2.24, 2.45) is 34.5 Å². The van der Waals surface area contributed by atoms with E-state index in [9.17, 15) is 24.9 Å². The summed E-state index contributed by atoms with van der Waals surface area (Å²) >= 11 is 0. The summed E-state index contributed by atoms with van der Waals surface area (Å²) in [6, 6.07) is 0. The lowest BCUT2D eigenvalue weighted by molar-refractivity contribution is -0.190. The summed E-state index contributed by atoms with van der Waals surface area (Å²) in [5.41, 5.74) is -2.36. The lowest BCUT2D eigenvalue weighted by atomic mass is 9.59. The smallest absolute Gasteiger partial charge is 0.344 e. The Labute approximate surface area is 205 Å². The Morgan fingerprint density at radius 1 is 1.31 bits per heavy atom. The molecular formula is C27H35NO7. The van der Waals surface area contributed by atoms with E-state index in [1.54, 1.807) is 26.0 Å². The molecule has 0 radical (unpaired) electrons. The van der Waals surface area contributed by atoms with Gasteiger partial charge < -0.3 is 24.6 Å². The molecule has 2 unspecified atom stereocenters. The van der Waals surface area contributed by atoms with Gasteiger partial charge in [-0.05, 0) is 61.0 Å². The minimum absolute atomic E-state index is 0.0493. The maximum absolute atomic E-state index is 14.4. The highest BCUT2D eigenvalue weighted by atomic mass is 16.6. The van der Waals surface area contributed by atoms with E-state index in [1.807, 2.05) is 13.8 Å². The Hall–Kier alpha value is -2.29. The summed E-state index contributed by atoms with van der Waals surface area (Å²) in [7, 11) is 0. The predicted molar refractivity (Wildman–Crippen MR) is 125 cm³/mol. The number of aliphatic hydroxyl groups excluding tert-OH is 2. The van der Waals surface area contributed by atoms with Crippen molar-refractivity contribution in [1.82, 2.24) is 5.16 Å². The van der Waals surface area contributed by atoms with Crippen molar-refractivity contribution in [2.75, 3.05) is 6.61 Å². The number of carbonyl (C=O) groups excluding carboxylic acids is 2. The second-order valence-corrected chi connectivity index (χ2v) is 11.6. The Balaban J connectivity index is 1.64. The van der Waals surface area contributed by atoms with E-state index in [-0.39, 0.29) is 40.1 Å². The van der Waals surface area contributed by atoms with Crippen LogP contribution in [0.25, 0.3) is 0 Å². The number of aliphatic hydroxyl groups is 3. The number of Topliss-reactive ketones (excluding diaryl/α,β-unsaturated/α-hetero) is 1. The molecule has 1 aromatic rings. The van der Waals surface area contributed by atoms with Gasteiger partial charge in [0.25, 0.3) is 0 Å². The molecule has 5 rings (SSSR count). The molecule has 2 saturated carbocycles. The molecule has 190 valence electrons. The Kier molecular flexibility index (Phi) is 5.30. The molecule has 0 saturated heterocycles. The zero-order valence-corrected chi connectivity index (χ0v) is 21.2. The van der Waals surface area contributed by atoms with Gasteiger partial charge in [-0.15, -0.1) is 0 Å². The molecule has 2 fully saturated rings. The van der Waals surface area contributed by atoms with Gasteiger partial charge in [-0.25, -0.2) is 4.79 Å². The first kappa shape index (κ1) is 24.4. The van der Waals surface area contributed by atoms with Crippen molar-refractivity contribution in [3.05, 3.63) is 40.3 Å². The van der Waals surface area contributed by atoms with Crippen molar-refractivity contribution in [3.8, 4) is 0 Å². The van der Waals surface area contributed by atoms with E-state index in [1.165, 1.54) is 0 Å². The zero-order chi connectivity index (χ0) is 25.7. The fraction of sp³-hybridized carbons (Fsp3) is 0.667. The van der Waals surface area contributed by atoms with Crippen LogP contribution in [0.1, 0.15) is 62.9 Å². The van der Waals surface area contributed by atoms with E-state index >= 15 is 0 Å². The first-order valence-electron chi connectivity index (χ1n) is 12.5. The number of aryl methyl sites for hydroxylation is 2.